The van der Waals surface area contributed by atoms with E-state index in [0.717, 1.165) is 11.1 Å². The molecular weight excluding hydrogens is 497 g/mol. The predicted molar refractivity (Wildman–Crippen MR) is 144 cm³/mol. The summed E-state index contributed by atoms with van der Waals surface area (Å²) in [6.45, 7) is 5.06. The van der Waals surface area contributed by atoms with Crippen molar-refractivity contribution in [1.29, 1.82) is 5.26 Å². The molecule has 9 nitrogen and oxygen atoms in total. The number of nitrogens with one attached hydrogen (secondary N) is 1. The molecule has 39 heavy (non-hydrogen) atoms. The summed E-state index contributed by atoms with van der Waals surface area (Å²) in [5.74, 6) is 0.384. The van der Waals surface area contributed by atoms with Crippen molar-refractivity contribution < 1.29 is 14.2 Å². The Balaban J connectivity index is 1.32. The van der Waals surface area contributed by atoms with E-state index >= 15 is 0 Å². The van der Waals surface area contributed by atoms with Crippen molar-refractivity contribution in [3.63, 3.8) is 0 Å². The van der Waals surface area contributed by atoms with Gasteiger partial charge < -0.3 is 15.2 Å². The summed E-state index contributed by atoms with van der Waals surface area (Å²) in [7, 11) is 0. The van der Waals surface area contributed by atoms with Crippen LogP contribution in [0.2, 0.25) is 0 Å². The minimum absolute atomic E-state index is 0.142. The second kappa shape index (κ2) is 9.36. The molecule has 2 N–H and O–H groups in total. The lowest BCUT2D eigenvalue weighted by atomic mass is 9.99. The van der Waals surface area contributed by atoms with E-state index in [0.29, 0.717) is 65.1 Å². The van der Waals surface area contributed by atoms with Gasteiger partial charge in [0, 0.05) is 29.9 Å². The molecule has 3 aromatic heterocycles. The lowest BCUT2D eigenvalue weighted by molar-refractivity contribution is 0.268. The van der Waals surface area contributed by atoms with Crippen molar-refractivity contribution in [2.75, 3.05) is 18.5 Å². The third-order valence-electron chi connectivity index (χ3n) is 6.69. The number of pyridine rings is 1. The van der Waals surface area contributed by atoms with E-state index in [-0.39, 0.29) is 11.3 Å². The van der Waals surface area contributed by atoms with Crippen LogP contribution in [0.3, 0.4) is 0 Å². The third-order valence-corrected chi connectivity index (χ3v) is 6.69. The van der Waals surface area contributed by atoms with Gasteiger partial charge in [0.05, 0.1) is 17.2 Å². The summed E-state index contributed by atoms with van der Waals surface area (Å²) in [5.41, 5.74) is 4.23. The van der Waals surface area contributed by atoms with E-state index in [1.807, 2.05) is 36.6 Å². The minimum Gasteiger partial charge on any atom is -0.507 e. The van der Waals surface area contributed by atoms with E-state index in [9.17, 15) is 14.8 Å². The average molecular weight is 522 g/mol. The molecule has 0 amide bonds. The summed E-state index contributed by atoms with van der Waals surface area (Å²) >= 11 is 0. The Labute approximate surface area is 223 Å². The standard InChI is InChI=1S/C29H24FN7O2/c1-29(2)16-39-28-34-24-26(35-25(36-27(24)37(28)29)20-9-11-32-23(30)14-20)33-10-8-17-6-7-22(38)21(13-17)19-5-3-4-18(12-19)15-31/h3-7,9,11-14,38H,8,10,16H2,1-2H3,(H,33,35,36). The van der Waals surface area contributed by atoms with Crippen molar-refractivity contribution in [1.82, 2.24) is 24.5 Å². The molecule has 0 aliphatic carbocycles. The van der Waals surface area contributed by atoms with Crippen LogP contribution < -0.4 is 10.1 Å². The van der Waals surface area contributed by atoms with Crippen molar-refractivity contribution >= 4 is 17.0 Å². The Morgan fingerprint density at radius 3 is 2.79 bits per heavy atom. The number of hydrogen-bond acceptors (Lipinski definition) is 8. The smallest absolute Gasteiger partial charge is 0.299 e. The van der Waals surface area contributed by atoms with Crippen LogP contribution in [0.5, 0.6) is 11.8 Å². The van der Waals surface area contributed by atoms with Gasteiger partial charge in [0.2, 0.25) is 5.95 Å². The molecule has 0 saturated carbocycles. The van der Waals surface area contributed by atoms with Crippen LogP contribution >= 0.6 is 0 Å². The number of aromatic hydroxyl groups is 1. The third kappa shape index (κ3) is 4.48. The molecule has 194 valence electrons. The van der Waals surface area contributed by atoms with E-state index in [2.05, 4.69) is 26.3 Å². The monoisotopic (exact) mass is 521 g/mol. The zero-order valence-corrected chi connectivity index (χ0v) is 21.3. The molecule has 0 bridgehead atoms. The Morgan fingerprint density at radius 2 is 1.97 bits per heavy atom. The topological polar surface area (TPSA) is 122 Å². The van der Waals surface area contributed by atoms with Crippen molar-refractivity contribution in [2.24, 2.45) is 0 Å². The van der Waals surface area contributed by atoms with E-state index in [1.165, 1.54) is 12.3 Å². The quantitative estimate of drug-likeness (QED) is 0.298. The van der Waals surface area contributed by atoms with Gasteiger partial charge in [-0.15, -0.1) is 0 Å². The Hall–Kier alpha value is -5.04. The van der Waals surface area contributed by atoms with Crippen LogP contribution in [0.25, 0.3) is 33.7 Å². The lowest BCUT2D eigenvalue weighted by Crippen LogP contribution is -2.25. The SMILES string of the molecule is CC1(C)COc2nc3c(NCCc4ccc(O)c(-c5cccc(C#N)c5)c4)nc(-c4ccnc(F)c4)nc3n21. The summed E-state index contributed by atoms with van der Waals surface area (Å²) in [4.78, 5) is 17.7. The Kier molecular flexibility index (Phi) is 5.84. The molecule has 2 aromatic carbocycles. The van der Waals surface area contributed by atoms with Crippen LogP contribution in [0.15, 0.2) is 60.8 Å². The first-order chi connectivity index (χ1) is 18.8. The van der Waals surface area contributed by atoms with Crippen LogP contribution in [0.4, 0.5) is 10.2 Å². The Morgan fingerprint density at radius 1 is 1.10 bits per heavy atom. The molecule has 1 aliphatic heterocycles. The first kappa shape index (κ1) is 24.3. The predicted octanol–water partition coefficient (Wildman–Crippen LogP) is 5.05. The maximum absolute atomic E-state index is 13.9. The molecule has 0 spiro atoms. The summed E-state index contributed by atoms with van der Waals surface area (Å²) in [6, 6.07) is 18.1. The van der Waals surface area contributed by atoms with Gasteiger partial charge in [0.15, 0.2) is 22.8 Å². The molecule has 0 saturated heterocycles. The van der Waals surface area contributed by atoms with Crippen LogP contribution in [0.1, 0.15) is 25.0 Å². The highest BCUT2D eigenvalue weighted by Gasteiger charge is 2.36. The Bertz CT molecular complexity index is 1770. The summed E-state index contributed by atoms with van der Waals surface area (Å²) < 4.78 is 21.7. The largest absolute Gasteiger partial charge is 0.507 e. The first-order valence-electron chi connectivity index (χ1n) is 12.4. The van der Waals surface area contributed by atoms with Crippen molar-refractivity contribution in [2.45, 2.75) is 25.8 Å². The molecule has 10 heteroatoms. The number of phenols is 1. The number of halogens is 1. The van der Waals surface area contributed by atoms with Crippen LogP contribution in [0, 0.1) is 17.3 Å². The van der Waals surface area contributed by atoms with Crippen LogP contribution in [-0.4, -0.2) is 42.8 Å². The molecule has 6 rings (SSSR count). The number of aromatic nitrogens is 5. The maximum Gasteiger partial charge on any atom is 0.299 e. The molecule has 0 fully saturated rings. The van der Waals surface area contributed by atoms with Gasteiger partial charge in [-0.25, -0.2) is 15.0 Å². The van der Waals surface area contributed by atoms with Gasteiger partial charge >= 0.3 is 0 Å². The second-order valence-electron chi connectivity index (χ2n) is 9.99. The van der Waals surface area contributed by atoms with Crippen LogP contribution in [-0.2, 0) is 12.0 Å². The normalized spacial score (nSPS) is 13.6. The number of nitrogens with zero attached hydrogens (tertiary/aromatic N) is 6. The van der Waals surface area contributed by atoms with E-state index in [1.54, 1.807) is 30.3 Å². The van der Waals surface area contributed by atoms with Crippen molar-refractivity contribution in [3.8, 4) is 40.3 Å². The van der Waals surface area contributed by atoms with Gasteiger partial charge in [0.1, 0.15) is 12.4 Å². The zero-order chi connectivity index (χ0) is 27.1. The first-order valence-corrected chi connectivity index (χ1v) is 12.4. The maximum atomic E-state index is 13.9. The number of anilines is 1. The molecular formula is C29H24FN7O2. The molecule has 0 atom stereocenters. The highest BCUT2D eigenvalue weighted by molar-refractivity contribution is 5.86. The number of fused-ring (bicyclic) bond motifs is 3. The number of rotatable bonds is 6. The summed E-state index contributed by atoms with van der Waals surface area (Å²) in [5, 5.41) is 23.1. The number of ether oxygens (including phenoxy) is 1. The van der Waals surface area contributed by atoms with Gasteiger partial charge in [-0.1, -0.05) is 18.2 Å². The zero-order valence-electron chi connectivity index (χ0n) is 21.3. The second-order valence-corrected chi connectivity index (χ2v) is 9.99. The number of benzene rings is 2. The number of hydrogen-bond donors (Lipinski definition) is 2. The molecule has 0 unspecified atom stereocenters. The molecule has 4 heterocycles. The number of imidazole rings is 1. The fourth-order valence-corrected chi connectivity index (χ4v) is 4.73. The average Bonchev–Trinajstić information content (AvgIpc) is 3.46. The molecule has 1 aliphatic rings. The van der Waals surface area contributed by atoms with E-state index in [4.69, 9.17) is 9.72 Å². The molecule has 0 radical (unpaired) electrons. The number of phenolic OH excluding ortho intramolecular Hbond substituents is 1. The summed E-state index contributed by atoms with van der Waals surface area (Å²) in [6.07, 6.45) is 2.00. The fraction of sp³-hybridized carbons (Fsp3) is 0.207. The van der Waals surface area contributed by atoms with Crippen molar-refractivity contribution in [3.05, 3.63) is 77.9 Å². The highest BCUT2D eigenvalue weighted by Crippen LogP contribution is 2.37. The number of nitriles is 1. The molecule has 5 aromatic rings. The fourth-order valence-electron chi connectivity index (χ4n) is 4.73. The van der Waals surface area contributed by atoms with Gasteiger partial charge in [-0.05, 0) is 61.7 Å². The van der Waals surface area contributed by atoms with Gasteiger partial charge in [0.25, 0.3) is 6.01 Å². The van der Waals surface area contributed by atoms with E-state index < -0.39 is 5.95 Å². The lowest BCUT2D eigenvalue weighted by Gasteiger charge is -2.18. The van der Waals surface area contributed by atoms with Gasteiger partial charge in [-0.3, -0.25) is 4.57 Å². The highest BCUT2D eigenvalue weighted by atomic mass is 19.1. The van der Waals surface area contributed by atoms with Gasteiger partial charge in [-0.2, -0.15) is 14.6 Å². The minimum atomic E-state index is -0.615.